The molecule has 1 aliphatic heterocycles. The molecule has 0 aliphatic carbocycles. The summed E-state index contributed by atoms with van der Waals surface area (Å²) >= 11 is 6.45. The Kier molecular flexibility index (Phi) is 4.71. The maximum Gasteiger partial charge on any atom is 0.264 e. The second-order valence-electron chi connectivity index (χ2n) is 7.25. The standard InChI is InChI=1S/C20H19ClN6O2S/c21-16-8-7-13(11-15(16)20-25-24-18-6-2-1-3-10-27(18)20)26-30(28,29)17-12-23-19-14(17)5-4-9-22-19/h4-5,7-9,11-12,26H,1-3,6,10H2,(H,22,23). The summed E-state index contributed by atoms with van der Waals surface area (Å²) in [7, 11) is -3.83. The third-order valence-electron chi connectivity index (χ3n) is 5.27. The number of benzene rings is 1. The molecule has 0 unspecified atom stereocenters. The van der Waals surface area contributed by atoms with Crippen molar-refractivity contribution >= 4 is 38.3 Å². The quantitative estimate of drug-likeness (QED) is 0.496. The second-order valence-corrected chi connectivity index (χ2v) is 9.31. The van der Waals surface area contributed by atoms with E-state index in [0.29, 0.717) is 33.1 Å². The van der Waals surface area contributed by atoms with Gasteiger partial charge in [-0.05, 0) is 43.2 Å². The Morgan fingerprint density at radius 1 is 1.13 bits per heavy atom. The molecule has 0 fully saturated rings. The van der Waals surface area contributed by atoms with Crippen molar-refractivity contribution in [2.45, 2.75) is 37.1 Å². The molecule has 0 bridgehead atoms. The van der Waals surface area contributed by atoms with Crippen LogP contribution in [0.4, 0.5) is 5.69 Å². The van der Waals surface area contributed by atoms with Crippen molar-refractivity contribution in [3.63, 3.8) is 0 Å². The van der Waals surface area contributed by atoms with Crippen LogP contribution in [0, 0.1) is 0 Å². The van der Waals surface area contributed by atoms with Gasteiger partial charge in [-0.15, -0.1) is 10.2 Å². The first kappa shape index (κ1) is 19.1. The fourth-order valence-corrected chi connectivity index (χ4v) is 5.23. The lowest BCUT2D eigenvalue weighted by molar-refractivity contribution is 0.602. The van der Waals surface area contributed by atoms with E-state index in [-0.39, 0.29) is 4.90 Å². The maximum atomic E-state index is 13.0. The van der Waals surface area contributed by atoms with E-state index in [1.807, 2.05) is 0 Å². The van der Waals surface area contributed by atoms with Crippen LogP contribution in [0.25, 0.3) is 22.4 Å². The number of hydrogen-bond acceptors (Lipinski definition) is 5. The van der Waals surface area contributed by atoms with E-state index in [1.54, 1.807) is 36.5 Å². The van der Waals surface area contributed by atoms with Gasteiger partial charge >= 0.3 is 0 Å². The first-order chi connectivity index (χ1) is 14.5. The summed E-state index contributed by atoms with van der Waals surface area (Å²) in [5, 5.41) is 9.68. The molecule has 30 heavy (non-hydrogen) atoms. The number of nitrogens with zero attached hydrogens (tertiary/aromatic N) is 4. The second kappa shape index (κ2) is 7.41. The molecular weight excluding hydrogens is 424 g/mol. The molecule has 154 valence electrons. The number of nitrogens with one attached hydrogen (secondary N) is 2. The van der Waals surface area contributed by atoms with Gasteiger partial charge in [0.2, 0.25) is 0 Å². The molecule has 3 aromatic heterocycles. The molecule has 0 amide bonds. The largest absolute Gasteiger partial charge is 0.345 e. The molecule has 0 saturated carbocycles. The summed E-state index contributed by atoms with van der Waals surface area (Å²) in [4.78, 5) is 7.17. The highest BCUT2D eigenvalue weighted by Crippen LogP contribution is 2.32. The number of H-pyrrole nitrogens is 1. The number of aryl methyl sites for hydroxylation is 1. The Balaban J connectivity index is 1.52. The van der Waals surface area contributed by atoms with Gasteiger partial charge in [-0.1, -0.05) is 18.0 Å². The van der Waals surface area contributed by atoms with E-state index >= 15 is 0 Å². The molecular formula is C20H19ClN6O2S. The number of aromatic nitrogens is 5. The van der Waals surface area contributed by atoms with Crippen LogP contribution in [-0.2, 0) is 23.0 Å². The van der Waals surface area contributed by atoms with Crippen molar-refractivity contribution < 1.29 is 8.42 Å². The van der Waals surface area contributed by atoms with E-state index < -0.39 is 10.0 Å². The summed E-state index contributed by atoms with van der Waals surface area (Å²) in [6.45, 7) is 0.826. The SMILES string of the molecule is O=S(=O)(Nc1ccc(Cl)c(-c2nnc3n2CCCCC3)c1)c1c[nH]c2ncccc12. The first-order valence-corrected chi connectivity index (χ1v) is 11.6. The van der Waals surface area contributed by atoms with Crippen LogP contribution in [0.3, 0.4) is 0 Å². The minimum Gasteiger partial charge on any atom is -0.345 e. The predicted molar refractivity (Wildman–Crippen MR) is 115 cm³/mol. The molecule has 0 spiro atoms. The number of halogens is 1. The molecule has 8 nitrogen and oxygen atoms in total. The van der Waals surface area contributed by atoms with E-state index in [2.05, 4.69) is 29.5 Å². The number of fused-ring (bicyclic) bond motifs is 2. The summed E-state index contributed by atoms with van der Waals surface area (Å²) in [6.07, 6.45) is 7.22. The van der Waals surface area contributed by atoms with Crippen LogP contribution in [0.1, 0.15) is 25.1 Å². The zero-order valence-electron chi connectivity index (χ0n) is 16.0. The molecule has 4 heterocycles. The van der Waals surface area contributed by atoms with Crippen LogP contribution >= 0.6 is 11.6 Å². The average Bonchev–Trinajstić information content (AvgIpc) is 3.27. The average molecular weight is 443 g/mol. The fraction of sp³-hybridized carbons (Fsp3) is 0.250. The summed E-state index contributed by atoms with van der Waals surface area (Å²) in [5.74, 6) is 1.60. The molecule has 4 aromatic rings. The number of aromatic amines is 1. The minimum atomic E-state index is -3.83. The van der Waals surface area contributed by atoms with Crippen LogP contribution < -0.4 is 4.72 Å². The molecule has 10 heteroatoms. The van der Waals surface area contributed by atoms with E-state index in [4.69, 9.17) is 11.6 Å². The normalized spacial score (nSPS) is 14.4. The van der Waals surface area contributed by atoms with Crippen LogP contribution in [-0.4, -0.2) is 33.2 Å². The van der Waals surface area contributed by atoms with Gasteiger partial charge in [-0.2, -0.15) is 0 Å². The topological polar surface area (TPSA) is 106 Å². The van der Waals surface area contributed by atoms with E-state index in [0.717, 1.165) is 38.1 Å². The molecule has 1 aliphatic rings. The molecule has 0 saturated heterocycles. The van der Waals surface area contributed by atoms with Gasteiger partial charge in [0.1, 0.15) is 16.4 Å². The van der Waals surface area contributed by atoms with Crippen molar-refractivity contribution in [3.05, 3.63) is 53.6 Å². The van der Waals surface area contributed by atoms with Gasteiger partial charge in [0.25, 0.3) is 10.0 Å². The highest BCUT2D eigenvalue weighted by Gasteiger charge is 2.22. The number of sulfonamides is 1. The van der Waals surface area contributed by atoms with Gasteiger partial charge in [0.15, 0.2) is 5.82 Å². The Morgan fingerprint density at radius 2 is 2.03 bits per heavy atom. The summed E-state index contributed by atoms with van der Waals surface area (Å²) in [6, 6.07) is 8.42. The van der Waals surface area contributed by atoms with Crippen molar-refractivity contribution in [3.8, 4) is 11.4 Å². The molecule has 0 radical (unpaired) electrons. The van der Waals surface area contributed by atoms with Gasteiger partial charge in [-0.25, -0.2) is 13.4 Å². The van der Waals surface area contributed by atoms with Crippen molar-refractivity contribution in [1.82, 2.24) is 24.7 Å². The number of pyridine rings is 1. The summed E-state index contributed by atoms with van der Waals surface area (Å²) < 4.78 is 30.7. The zero-order valence-corrected chi connectivity index (χ0v) is 17.5. The Bertz CT molecular complexity index is 1340. The van der Waals surface area contributed by atoms with E-state index in [1.165, 1.54) is 6.20 Å². The molecule has 2 N–H and O–H groups in total. The van der Waals surface area contributed by atoms with E-state index in [9.17, 15) is 8.42 Å². The van der Waals surface area contributed by atoms with Crippen molar-refractivity contribution in [2.24, 2.45) is 0 Å². The minimum absolute atomic E-state index is 0.137. The molecule has 0 atom stereocenters. The number of hydrogen-bond donors (Lipinski definition) is 2. The fourth-order valence-electron chi connectivity index (χ4n) is 3.81. The number of anilines is 1. The van der Waals surface area contributed by atoms with Gasteiger partial charge in [-0.3, -0.25) is 4.72 Å². The van der Waals surface area contributed by atoms with Crippen LogP contribution in [0.15, 0.2) is 47.6 Å². The van der Waals surface area contributed by atoms with Gasteiger partial charge in [0, 0.05) is 42.0 Å². The third kappa shape index (κ3) is 3.33. The zero-order chi connectivity index (χ0) is 20.7. The number of rotatable bonds is 4. The van der Waals surface area contributed by atoms with Crippen molar-refractivity contribution in [1.29, 1.82) is 0 Å². The van der Waals surface area contributed by atoms with Gasteiger partial charge in [0.05, 0.1) is 5.02 Å². The smallest absolute Gasteiger partial charge is 0.264 e. The lowest BCUT2D eigenvalue weighted by Crippen LogP contribution is -2.12. The first-order valence-electron chi connectivity index (χ1n) is 9.70. The predicted octanol–water partition coefficient (Wildman–Crippen LogP) is 4.00. The lowest BCUT2D eigenvalue weighted by atomic mass is 10.2. The van der Waals surface area contributed by atoms with Crippen molar-refractivity contribution in [2.75, 3.05) is 4.72 Å². The van der Waals surface area contributed by atoms with Crippen LogP contribution in [0.2, 0.25) is 5.02 Å². The molecule has 5 rings (SSSR count). The Labute approximate surface area is 178 Å². The highest BCUT2D eigenvalue weighted by molar-refractivity contribution is 7.93. The highest BCUT2D eigenvalue weighted by atomic mass is 35.5. The van der Waals surface area contributed by atoms with Crippen LogP contribution in [0.5, 0.6) is 0 Å². The third-order valence-corrected chi connectivity index (χ3v) is 7.02. The Hall–Kier alpha value is -2.91. The lowest BCUT2D eigenvalue weighted by Gasteiger charge is -2.12. The monoisotopic (exact) mass is 442 g/mol. The summed E-state index contributed by atoms with van der Waals surface area (Å²) in [5.41, 5.74) is 1.57. The molecule has 1 aromatic carbocycles. The Morgan fingerprint density at radius 3 is 2.93 bits per heavy atom. The maximum absolute atomic E-state index is 13.0. The van der Waals surface area contributed by atoms with Gasteiger partial charge < -0.3 is 9.55 Å².